The smallest absolute Gasteiger partial charge is 0.147 e. The second-order valence-corrected chi connectivity index (χ2v) is 6.92. The van der Waals surface area contributed by atoms with E-state index in [0.29, 0.717) is 16.9 Å². The number of aromatic nitrogens is 2. The topological polar surface area (TPSA) is 78.3 Å². The molecule has 0 fully saturated rings. The number of anilines is 1. The van der Waals surface area contributed by atoms with Crippen LogP contribution < -0.4 is 5.32 Å². The summed E-state index contributed by atoms with van der Waals surface area (Å²) >= 11 is 0. The van der Waals surface area contributed by atoms with Crippen LogP contribution in [0.15, 0.2) is 66.9 Å². The molecule has 2 aromatic heterocycles. The molecule has 0 aliphatic carbocycles. The summed E-state index contributed by atoms with van der Waals surface area (Å²) in [5, 5.41) is 25.0. The normalized spacial score (nSPS) is 12.1. The zero-order valence-corrected chi connectivity index (χ0v) is 15.7. The zero-order chi connectivity index (χ0) is 19.7. The van der Waals surface area contributed by atoms with E-state index < -0.39 is 0 Å². The Morgan fingerprint density at radius 1 is 0.893 bits per heavy atom. The van der Waals surface area contributed by atoms with Crippen molar-refractivity contribution in [1.29, 1.82) is 0 Å². The maximum Gasteiger partial charge on any atom is 0.147 e. The summed E-state index contributed by atoms with van der Waals surface area (Å²) in [5.74, 6) is 1.03. The Morgan fingerprint density at radius 2 is 1.64 bits per heavy atom. The highest BCUT2D eigenvalue weighted by molar-refractivity contribution is 5.86. The van der Waals surface area contributed by atoms with Crippen molar-refractivity contribution in [2.24, 2.45) is 0 Å². The number of fused-ring (bicyclic) bond motifs is 1. The van der Waals surface area contributed by atoms with Gasteiger partial charge in [0.25, 0.3) is 0 Å². The summed E-state index contributed by atoms with van der Waals surface area (Å²) < 4.78 is 0. The highest BCUT2D eigenvalue weighted by atomic mass is 16.3. The Hall–Kier alpha value is -3.60. The Kier molecular flexibility index (Phi) is 4.57. The Labute approximate surface area is 163 Å². The molecular weight excluding hydrogens is 350 g/mol. The quantitative estimate of drug-likeness (QED) is 0.477. The molecule has 3 N–H and O–H groups in total. The predicted molar refractivity (Wildman–Crippen MR) is 111 cm³/mol. The summed E-state index contributed by atoms with van der Waals surface area (Å²) in [5.41, 5.74) is 4.08. The number of rotatable bonds is 4. The fourth-order valence-corrected chi connectivity index (χ4v) is 3.29. The minimum atomic E-state index is -0.360. The molecule has 2 heterocycles. The molecule has 5 heteroatoms. The van der Waals surface area contributed by atoms with Crippen molar-refractivity contribution in [3.63, 3.8) is 0 Å². The van der Waals surface area contributed by atoms with Crippen LogP contribution in [0.25, 0.3) is 10.9 Å². The number of pyridine rings is 2. The van der Waals surface area contributed by atoms with Gasteiger partial charge in [0.05, 0.1) is 6.04 Å². The van der Waals surface area contributed by atoms with E-state index >= 15 is 0 Å². The van der Waals surface area contributed by atoms with Crippen LogP contribution in [0, 0.1) is 13.8 Å². The number of hydrogen-bond acceptors (Lipinski definition) is 5. The summed E-state index contributed by atoms with van der Waals surface area (Å²) in [4.78, 5) is 8.91. The van der Waals surface area contributed by atoms with Crippen LogP contribution in [0.3, 0.4) is 0 Å². The fraction of sp³-hybridized carbons (Fsp3) is 0.130. The van der Waals surface area contributed by atoms with Crippen molar-refractivity contribution >= 4 is 16.7 Å². The molecular formula is C23H21N3O2. The maximum absolute atomic E-state index is 11.0. The minimum absolute atomic E-state index is 0.138. The van der Waals surface area contributed by atoms with Gasteiger partial charge in [-0.25, -0.2) is 9.97 Å². The molecule has 2 aromatic carbocycles. The molecule has 0 amide bonds. The summed E-state index contributed by atoms with van der Waals surface area (Å²) in [7, 11) is 0. The van der Waals surface area contributed by atoms with Crippen molar-refractivity contribution in [3.05, 3.63) is 89.2 Å². The van der Waals surface area contributed by atoms with E-state index in [1.54, 1.807) is 18.3 Å². The summed E-state index contributed by atoms with van der Waals surface area (Å²) in [6.45, 7) is 3.90. The lowest BCUT2D eigenvalue weighted by Gasteiger charge is -2.22. The zero-order valence-electron chi connectivity index (χ0n) is 15.7. The van der Waals surface area contributed by atoms with Gasteiger partial charge in [0.15, 0.2) is 0 Å². The lowest BCUT2D eigenvalue weighted by Crippen LogP contribution is -2.14. The fourth-order valence-electron chi connectivity index (χ4n) is 3.29. The highest BCUT2D eigenvalue weighted by Crippen LogP contribution is 2.36. The van der Waals surface area contributed by atoms with Crippen molar-refractivity contribution in [2.45, 2.75) is 19.9 Å². The monoisotopic (exact) mass is 371 g/mol. The third-order valence-electron chi connectivity index (χ3n) is 4.75. The van der Waals surface area contributed by atoms with Crippen LogP contribution in [-0.2, 0) is 0 Å². The van der Waals surface area contributed by atoms with Gasteiger partial charge in [0, 0.05) is 22.8 Å². The first-order valence-electron chi connectivity index (χ1n) is 9.08. The van der Waals surface area contributed by atoms with E-state index in [1.807, 2.05) is 62.4 Å². The Bertz CT molecular complexity index is 1140. The summed E-state index contributed by atoms with van der Waals surface area (Å²) in [6.07, 6.45) is 1.75. The van der Waals surface area contributed by atoms with Gasteiger partial charge in [0.1, 0.15) is 22.8 Å². The standard InChI is InChI=1S/C23H21N3O2/c1-14-11-12-24-20(13-14)26-21(16-5-8-18(27)9-6-16)19-10-7-17-4-3-15(2)25-22(17)23(19)28/h3-13,21,27-28H,1-2H3,(H,24,26)/t21-/m1/s1. The Balaban J connectivity index is 1.86. The number of nitrogens with one attached hydrogen (secondary N) is 1. The second-order valence-electron chi connectivity index (χ2n) is 6.92. The van der Waals surface area contributed by atoms with Crippen LogP contribution in [0.4, 0.5) is 5.82 Å². The van der Waals surface area contributed by atoms with Crippen LogP contribution in [-0.4, -0.2) is 20.2 Å². The molecule has 28 heavy (non-hydrogen) atoms. The molecule has 0 radical (unpaired) electrons. The van der Waals surface area contributed by atoms with Gasteiger partial charge in [-0.1, -0.05) is 30.3 Å². The first kappa shape index (κ1) is 17.8. The maximum atomic E-state index is 11.0. The molecule has 4 aromatic rings. The lowest BCUT2D eigenvalue weighted by atomic mass is 9.96. The lowest BCUT2D eigenvalue weighted by molar-refractivity contribution is 0.471. The molecule has 1 atom stereocenters. The van der Waals surface area contributed by atoms with Gasteiger partial charge in [-0.2, -0.15) is 0 Å². The SMILES string of the molecule is Cc1ccnc(N[C@H](c2ccc(O)cc2)c2ccc3ccc(C)nc3c2O)c1. The first-order valence-corrected chi connectivity index (χ1v) is 9.08. The molecule has 0 saturated carbocycles. The van der Waals surface area contributed by atoms with Crippen LogP contribution >= 0.6 is 0 Å². The van der Waals surface area contributed by atoms with E-state index in [1.165, 1.54) is 0 Å². The summed E-state index contributed by atoms with van der Waals surface area (Å²) in [6, 6.07) is 18.2. The molecule has 0 saturated heterocycles. The average Bonchev–Trinajstić information content (AvgIpc) is 2.68. The van der Waals surface area contributed by atoms with E-state index in [9.17, 15) is 10.2 Å². The van der Waals surface area contributed by atoms with Crippen LogP contribution in [0.5, 0.6) is 11.5 Å². The van der Waals surface area contributed by atoms with E-state index in [2.05, 4.69) is 15.3 Å². The number of aromatic hydroxyl groups is 2. The first-order chi connectivity index (χ1) is 13.5. The van der Waals surface area contributed by atoms with E-state index in [-0.39, 0.29) is 17.5 Å². The van der Waals surface area contributed by atoms with Crippen LogP contribution in [0.1, 0.15) is 28.4 Å². The van der Waals surface area contributed by atoms with Gasteiger partial charge < -0.3 is 15.5 Å². The molecule has 0 spiro atoms. The molecule has 0 aliphatic heterocycles. The van der Waals surface area contributed by atoms with Gasteiger partial charge in [-0.05, 0) is 55.3 Å². The van der Waals surface area contributed by atoms with E-state index in [4.69, 9.17) is 0 Å². The molecule has 140 valence electrons. The predicted octanol–water partition coefficient (Wildman–Crippen LogP) is 4.86. The highest BCUT2D eigenvalue weighted by Gasteiger charge is 2.20. The number of phenolic OH excluding ortho intramolecular Hbond substituents is 2. The van der Waals surface area contributed by atoms with Gasteiger partial charge in [-0.3, -0.25) is 0 Å². The third-order valence-corrected chi connectivity index (χ3v) is 4.75. The van der Waals surface area contributed by atoms with Crippen molar-refractivity contribution in [3.8, 4) is 11.5 Å². The van der Waals surface area contributed by atoms with Gasteiger partial charge in [-0.15, -0.1) is 0 Å². The van der Waals surface area contributed by atoms with Crippen molar-refractivity contribution in [2.75, 3.05) is 5.32 Å². The number of aryl methyl sites for hydroxylation is 2. The van der Waals surface area contributed by atoms with Crippen molar-refractivity contribution in [1.82, 2.24) is 9.97 Å². The molecule has 0 bridgehead atoms. The Morgan fingerprint density at radius 3 is 2.39 bits per heavy atom. The molecule has 5 nitrogen and oxygen atoms in total. The number of nitrogens with zero attached hydrogens (tertiary/aromatic N) is 2. The number of phenols is 2. The number of hydrogen-bond donors (Lipinski definition) is 3. The minimum Gasteiger partial charge on any atom is -0.508 e. The third kappa shape index (κ3) is 3.47. The van der Waals surface area contributed by atoms with Crippen molar-refractivity contribution < 1.29 is 10.2 Å². The molecule has 4 rings (SSSR count). The largest absolute Gasteiger partial charge is 0.508 e. The van der Waals surface area contributed by atoms with E-state index in [0.717, 1.165) is 22.2 Å². The van der Waals surface area contributed by atoms with Gasteiger partial charge >= 0.3 is 0 Å². The van der Waals surface area contributed by atoms with Gasteiger partial charge in [0.2, 0.25) is 0 Å². The van der Waals surface area contributed by atoms with Crippen LogP contribution in [0.2, 0.25) is 0 Å². The second kappa shape index (κ2) is 7.19. The molecule has 0 aliphatic rings. The molecule has 0 unspecified atom stereocenters. The average molecular weight is 371 g/mol. The number of benzene rings is 2.